The van der Waals surface area contributed by atoms with Crippen LogP contribution in [0.1, 0.15) is 53.9 Å². The fourth-order valence-electron chi connectivity index (χ4n) is 3.33. The van der Waals surface area contributed by atoms with Gasteiger partial charge >= 0.3 is 0 Å². The molecule has 2 heterocycles. The number of aromatic hydroxyl groups is 1. The van der Waals surface area contributed by atoms with Crippen LogP contribution in [0, 0.1) is 12.8 Å². The number of para-hydroxylation sites is 1. The number of carbonyl (C=O) groups is 1. The number of nitrogens with zero attached hydrogens (tertiary/aromatic N) is 3. The van der Waals surface area contributed by atoms with Gasteiger partial charge in [0.1, 0.15) is 11.6 Å². The van der Waals surface area contributed by atoms with Crippen LogP contribution >= 0.6 is 0 Å². The molecule has 140 valence electrons. The Morgan fingerprint density at radius 1 is 1.35 bits per heavy atom. The lowest BCUT2D eigenvalue weighted by Crippen LogP contribution is -2.32. The standard InChI is InChI=1S/C19H27N5O2/c1-12(2)11-15(18-23-22-16-7-8-20-9-10-24(16)18)21-19(26)14-6-4-5-13(3)17(14)25/h4-6,12,15,20,25H,7-11H2,1-3H3,(H,21,26). The van der Waals surface area contributed by atoms with Gasteiger partial charge in [-0.1, -0.05) is 26.0 Å². The van der Waals surface area contributed by atoms with Crippen molar-refractivity contribution in [3.63, 3.8) is 0 Å². The Hall–Kier alpha value is -2.41. The molecular formula is C19H27N5O2. The van der Waals surface area contributed by atoms with Crippen molar-refractivity contribution >= 4 is 5.91 Å². The van der Waals surface area contributed by atoms with E-state index in [9.17, 15) is 9.90 Å². The quantitative estimate of drug-likeness (QED) is 0.761. The van der Waals surface area contributed by atoms with Crippen molar-refractivity contribution in [2.75, 3.05) is 13.1 Å². The second kappa shape index (κ2) is 7.86. The minimum absolute atomic E-state index is 0.0255. The van der Waals surface area contributed by atoms with Gasteiger partial charge in [-0.2, -0.15) is 0 Å². The van der Waals surface area contributed by atoms with Gasteiger partial charge in [-0.3, -0.25) is 4.79 Å². The molecule has 1 aromatic carbocycles. The Kier molecular flexibility index (Phi) is 5.56. The molecular weight excluding hydrogens is 330 g/mol. The van der Waals surface area contributed by atoms with E-state index >= 15 is 0 Å². The summed E-state index contributed by atoms with van der Waals surface area (Å²) in [5.74, 6) is 1.85. The van der Waals surface area contributed by atoms with Crippen LogP contribution in [0.2, 0.25) is 0 Å². The Balaban J connectivity index is 1.88. The summed E-state index contributed by atoms with van der Waals surface area (Å²) in [4.78, 5) is 12.8. The molecule has 0 bridgehead atoms. The van der Waals surface area contributed by atoms with Gasteiger partial charge in [0.2, 0.25) is 0 Å². The maximum absolute atomic E-state index is 12.8. The lowest BCUT2D eigenvalue weighted by Gasteiger charge is -2.21. The van der Waals surface area contributed by atoms with Gasteiger partial charge in [0, 0.05) is 26.1 Å². The van der Waals surface area contributed by atoms with Crippen molar-refractivity contribution in [2.45, 2.75) is 46.2 Å². The highest BCUT2D eigenvalue weighted by atomic mass is 16.3. The molecule has 26 heavy (non-hydrogen) atoms. The first-order valence-electron chi connectivity index (χ1n) is 9.19. The molecule has 0 saturated heterocycles. The Morgan fingerprint density at radius 2 is 2.15 bits per heavy atom. The highest BCUT2D eigenvalue weighted by Gasteiger charge is 2.26. The molecule has 1 aliphatic rings. The number of benzene rings is 1. The lowest BCUT2D eigenvalue weighted by molar-refractivity contribution is 0.0926. The number of carbonyl (C=O) groups excluding carboxylic acids is 1. The van der Waals surface area contributed by atoms with E-state index in [1.54, 1.807) is 25.1 Å². The van der Waals surface area contributed by atoms with Crippen LogP contribution in [0.15, 0.2) is 18.2 Å². The van der Waals surface area contributed by atoms with E-state index in [0.717, 1.165) is 44.1 Å². The number of phenolic OH excluding ortho intramolecular Hbond substituents is 1. The lowest BCUT2D eigenvalue weighted by atomic mass is 10.0. The summed E-state index contributed by atoms with van der Waals surface area (Å²) in [6.07, 6.45) is 1.58. The SMILES string of the molecule is Cc1cccc(C(=O)NC(CC(C)C)c2nnc3n2CCNCC3)c1O. The summed E-state index contributed by atoms with van der Waals surface area (Å²) in [5, 5.41) is 25.4. The summed E-state index contributed by atoms with van der Waals surface area (Å²) in [6.45, 7) is 8.55. The number of fused-ring (bicyclic) bond motifs is 1. The van der Waals surface area contributed by atoms with Gasteiger partial charge < -0.3 is 20.3 Å². The van der Waals surface area contributed by atoms with Crippen molar-refractivity contribution in [1.82, 2.24) is 25.4 Å². The minimum atomic E-state index is -0.291. The minimum Gasteiger partial charge on any atom is -0.507 e. The Labute approximate surface area is 153 Å². The number of rotatable bonds is 5. The largest absolute Gasteiger partial charge is 0.507 e. The highest BCUT2D eigenvalue weighted by molar-refractivity contribution is 5.97. The van der Waals surface area contributed by atoms with Crippen molar-refractivity contribution in [3.05, 3.63) is 41.0 Å². The monoisotopic (exact) mass is 357 g/mol. The van der Waals surface area contributed by atoms with E-state index < -0.39 is 0 Å². The predicted molar refractivity (Wildman–Crippen MR) is 99.1 cm³/mol. The van der Waals surface area contributed by atoms with E-state index in [4.69, 9.17) is 0 Å². The number of hydrogen-bond acceptors (Lipinski definition) is 5. The molecule has 3 rings (SSSR count). The number of nitrogens with one attached hydrogen (secondary N) is 2. The zero-order valence-electron chi connectivity index (χ0n) is 15.6. The molecule has 1 aromatic heterocycles. The van der Waals surface area contributed by atoms with Crippen molar-refractivity contribution in [2.24, 2.45) is 5.92 Å². The van der Waals surface area contributed by atoms with Crippen LogP contribution in [-0.4, -0.2) is 38.9 Å². The fourth-order valence-corrected chi connectivity index (χ4v) is 3.33. The molecule has 7 nitrogen and oxygen atoms in total. The molecule has 7 heteroatoms. The first-order chi connectivity index (χ1) is 12.5. The topological polar surface area (TPSA) is 92.1 Å². The molecule has 1 amide bonds. The second-order valence-corrected chi connectivity index (χ2v) is 7.25. The Morgan fingerprint density at radius 3 is 2.92 bits per heavy atom. The predicted octanol–water partition coefficient (Wildman–Crippen LogP) is 1.96. The molecule has 0 saturated carbocycles. The molecule has 1 atom stereocenters. The van der Waals surface area contributed by atoms with Crippen LogP contribution in [0.3, 0.4) is 0 Å². The van der Waals surface area contributed by atoms with Gasteiger partial charge in [-0.05, 0) is 30.9 Å². The summed E-state index contributed by atoms with van der Waals surface area (Å²) in [6, 6.07) is 4.94. The van der Waals surface area contributed by atoms with Crippen LogP contribution in [0.4, 0.5) is 0 Å². The summed E-state index contributed by atoms with van der Waals surface area (Å²) >= 11 is 0. The Bertz CT molecular complexity index is 784. The van der Waals surface area contributed by atoms with E-state index in [0.29, 0.717) is 11.5 Å². The molecule has 0 fully saturated rings. The van der Waals surface area contributed by atoms with Crippen LogP contribution < -0.4 is 10.6 Å². The third kappa shape index (κ3) is 3.88. The summed E-state index contributed by atoms with van der Waals surface area (Å²) in [7, 11) is 0. The second-order valence-electron chi connectivity index (χ2n) is 7.25. The number of amides is 1. The molecule has 1 aliphatic heterocycles. The number of phenols is 1. The average molecular weight is 357 g/mol. The van der Waals surface area contributed by atoms with Crippen LogP contribution in [0.25, 0.3) is 0 Å². The number of aromatic nitrogens is 3. The summed E-state index contributed by atoms with van der Waals surface area (Å²) < 4.78 is 2.11. The van der Waals surface area contributed by atoms with Gasteiger partial charge in [-0.15, -0.1) is 10.2 Å². The highest BCUT2D eigenvalue weighted by Crippen LogP contribution is 2.25. The van der Waals surface area contributed by atoms with Crippen LogP contribution in [0.5, 0.6) is 5.75 Å². The van der Waals surface area contributed by atoms with E-state index in [-0.39, 0.29) is 23.3 Å². The normalized spacial score (nSPS) is 15.4. The van der Waals surface area contributed by atoms with E-state index in [1.165, 1.54) is 0 Å². The average Bonchev–Trinajstić information content (AvgIpc) is 2.84. The number of aryl methyl sites for hydroxylation is 1. The first-order valence-corrected chi connectivity index (χ1v) is 9.19. The van der Waals surface area contributed by atoms with E-state index in [1.807, 2.05) is 0 Å². The van der Waals surface area contributed by atoms with Crippen molar-refractivity contribution in [3.8, 4) is 5.75 Å². The van der Waals surface area contributed by atoms with Gasteiger partial charge in [0.25, 0.3) is 5.91 Å². The smallest absolute Gasteiger partial charge is 0.255 e. The molecule has 1 unspecified atom stereocenters. The maximum Gasteiger partial charge on any atom is 0.255 e. The molecule has 2 aromatic rings. The van der Waals surface area contributed by atoms with Crippen molar-refractivity contribution in [1.29, 1.82) is 0 Å². The van der Waals surface area contributed by atoms with Gasteiger partial charge in [-0.25, -0.2) is 0 Å². The maximum atomic E-state index is 12.8. The third-order valence-corrected chi connectivity index (χ3v) is 4.70. The number of hydrogen-bond donors (Lipinski definition) is 3. The molecule has 0 spiro atoms. The molecule has 0 radical (unpaired) electrons. The summed E-state index contributed by atoms with van der Waals surface area (Å²) in [5.41, 5.74) is 0.969. The van der Waals surface area contributed by atoms with E-state index in [2.05, 4.69) is 39.2 Å². The van der Waals surface area contributed by atoms with Gasteiger partial charge in [0.15, 0.2) is 5.82 Å². The fraction of sp³-hybridized carbons (Fsp3) is 0.526. The molecule has 0 aliphatic carbocycles. The van der Waals surface area contributed by atoms with Crippen molar-refractivity contribution < 1.29 is 9.90 Å². The first kappa shape index (κ1) is 18.4. The zero-order chi connectivity index (χ0) is 18.7. The van der Waals surface area contributed by atoms with Gasteiger partial charge in [0.05, 0.1) is 11.6 Å². The zero-order valence-corrected chi connectivity index (χ0v) is 15.6. The third-order valence-electron chi connectivity index (χ3n) is 4.70. The molecule has 3 N–H and O–H groups in total. The van der Waals surface area contributed by atoms with Crippen LogP contribution in [-0.2, 0) is 13.0 Å².